The molecule has 0 unspecified atom stereocenters. The van der Waals surface area contributed by atoms with Crippen molar-refractivity contribution in [3.05, 3.63) is 64.1 Å². The van der Waals surface area contributed by atoms with Gasteiger partial charge in [-0.3, -0.25) is 14.5 Å². The molecule has 8 heteroatoms. The molecule has 156 valence electrons. The molecule has 2 aromatic rings. The molecule has 1 aliphatic rings. The molecule has 0 radical (unpaired) electrons. The number of hydrogen-bond donors (Lipinski definition) is 0. The third-order valence-electron chi connectivity index (χ3n) is 4.25. The molecular formula is C22H20NO6S-. The lowest BCUT2D eigenvalue weighted by atomic mass is 10.1. The second kappa shape index (κ2) is 9.49. The zero-order chi connectivity index (χ0) is 21.7. The van der Waals surface area contributed by atoms with E-state index in [2.05, 4.69) is 0 Å². The second-order valence-electron chi connectivity index (χ2n) is 6.55. The lowest BCUT2D eigenvalue weighted by Crippen LogP contribution is -2.29. The summed E-state index contributed by atoms with van der Waals surface area (Å²) in [4.78, 5) is 37.2. The number of carboxylic acids is 1. The van der Waals surface area contributed by atoms with E-state index in [0.29, 0.717) is 22.8 Å². The van der Waals surface area contributed by atoms with E-state index in [4.69, 9.17) is 9.47 Å². The van der Waals surface area contributed by atoms with Crippen LogP contribution in [0.15, 0.2) is 47.4 Å². The first-order valence-electron chi connectivity index (χ1n) is 9.27. The van der Waals surface area contributed by atoms with E-state index in [1.807, 2.05) is 31.2 Å². The summed E-state index contributed by atoms with van der Waals surface area (Å²) >= 11 is 0.877. The number of aryl methyl sites for hydroxylation is 1. The molecule has 3 rings (SSSR count). The summed E-state index contributed by atoms with van der Waals surface area (Å²) in [5, 5.41) is 10.3. The summed E-state index contributed by atoms with van der Waals surface area (Å²) in [5.74, 6) is -1.11. The van der Waals surface area contributed by atoms with E-state index < -0.39 is 12.6 Å². The third kappa shape index (κ3) is 5.21. The van der Waals surface area contributed by atoms with E-state index in [1.165, 1.54) is 4.90 Å². The van der Waals surface area contributed by atoms with Gasteiger partial charge in [0.2, 0.25) is 0 Å². The summed E-state index contributed by atoms with van der Waals surface area (Å²) < 4.78 is 10.7. The maximum atomic E-state index is 12.7. The highest BCUT2D eigenvalue weighted by atomic mass is 32.2. The molecule has 2 amide bonds. The number of carbonyl (C=O) groups excluding carboxylic acids is 3. The average molecular weight is 426 g/mol. The maximum Gasteiger partial charge on any atom is 0.293 e. The van der Waals surface area contributed by atoms with Crippen LogP contribution in [0.1, 0.15) is 23.6 Å². The predicted molar refractivity (Wildman–Crippen MR) is 111 cm³/mol. The van der Waals surface area contributed by atoms with Gasteiger partial charge in [0.15, 0.2) is 11.5 Å². The molecule has 7 nitrogen and oxygen atoms in total. The summed E-state index contributed by atoms with van der Waals surface area (Å²) in [6.45, 7) is 3.71. The van der Waals surface area contributed by atoms with Crippen LogP contribution in [-0.4, -0.2) is 35.2 Å². The van der Waals surface area contributed by atoms with Crippen molar-refractivity contribution >= 4 is 35.0 Å². The Morgan fingerprint density at radius 1 is 1.10 bits per heavy atom. The predicted octanol–water partition coefficient (Wildman–Crippen LogP) is 2.76. The van der Waals surface area contributed by atoms with E-state index in [1.54, 1.807) is 31.2 Å². The number of amides is 2. The monoisotopic (exact) mass is 426 g/mol. The van der Waals surface area contributed by atoms with E-state index >= 15 is 0 Å². The second-order valence-corrected chi connectivity index (χ2v) is 7.55. The molecular weight excluding hydrogens is 406 g/mol. The van der Waals surface area contributed by atoms with Gasteiger partial charge in [-0.1, -0.05) is 35.9 Å². The van der Waals surface area contributed by atoms with Gasteiger partial charge in [0.05, 0.1) is 24.0 Å². The van der Waals surface area contributed by atoms with Crippen molar-refractivity contribution in [2.24, 2.45) is 0 Å². The molecule has 30 heavy (non-hydrogen) atoms. The van der Waals surface area contributed by atoms with Crippen LogP contribution < -0.4 is 14.6 Å². The number of imide groups is 1. The zero-order valence-corrected chi connectivity index (χ0v) is 17.4. The van der Waals surface area contributed by atoms with Gasteiger partial charge in [0.25, 0.3) is 11.1 Å². The fraction of sp³-hybridized carbons (Fsp3) is 0.227. The number of carboxylic acid groups (broad SMARTS) is 1. The third-order valence-corrected chi connectivity index (χ3v) is 5.15. The molecule has 2 aromatic carbocycles. The molecule has 0 atom stereocenters. The van der Waals surface area contributed by atoms with Crippen LogP contribution in [0.25, 0.3) is 6.08 Å². The molecule has 0 aromatic heterocycles. The number of aliphatic carboxylic acids is 1. The highest BCUT2D eigenvalue weighted by Crippen LogP contribution is 2.35. The van der Waals surface area contributed by atoms with Crippen LogP contribution in [-0.2, 0) is 16.1 Å². The number of hydrogen-bond acceptors (Lipinski definition) is 7. The summed E-state index contributed by atoms with van der Waals surface area (Å²) in [6, 6.07) is 12.5. The van der Waals surface area contributed by atoms with Crippen LogP contribution >= 0.6 is 11.8 Å². The van der Waals surface area contributed by atoms with Crippen molar-refractivity contribution in [1.82, 2.24) is 4.90 Å². The van der Waals surface area contributed by atoms with Gasteiger partial charge >= 0.3 is 0 Å². The Morgan fingerprint density at radius 2 is 1.83 bits per heavy atom. The topological polar surface area (TPSA) is 96.0 Å². The van der Waals surface area contributed by atoms with Crippen molar-refractivity contribution in [3.63, 3.8) is 0 Å². The molecule has 1 saturated heterocycles. The van der Waals surface area contributed by atoms with Crippen molar-refractivity contribution < 1.29 is 29.0 Å². The van der Waals surface area contributed by atoms with Crippen LogP contribution in [0, 0.1) is 6.92 Å². The van der Waals surface area contributed by atoms with E-state index in [0.717, 1.165) is 22.9 Å². The first kappa shape index (κ1) is 21.4. The minimum atomic E-state index is -1.34. The lowest BCUT2D eigenvalue weighted by Gasteiger charge is -2.13. The fourth-order valence-corrected chi connectivity index (χ4v) is 3.64. The van der Waals surface area contributed by atoms with Crippen molar-refractivity contribution in [1.29, 1.82) is 0 Å². The SMILES string of the molecule is CCOc1cc(/C=C2\SC(=O)N(Cc3ccc(C)cc3)C2=O)ccc1OCC(=O)[O-]. The van der Waals surface area contributed by atoms with Gasteiger partial charge in [-0.05, 0) is 54.9 Å². The molecule has 0 saturated carbocycles. The largest absolute Gasteiger partial charge is 0.546 e. The van der Waals surface area contributed by atoms with E-state index in [-0.39, 0.29) is 23.4 Å². The molecule has 1 aliphatic heterocycles. The summed E-state index contributed by atoms with van der Waals surface area (Å²) in [6.07, 6.45) is 1.60. The maximum absolute atomic E-state index is 12.7. The number of thioether (sulfide) groups is 1. The number of carbonyl (C=O) groups is 3. The Labute approximate surface area is 178 Å². The normalized spacial score (nSPS) is 15.0. The molecule has 0 aliphatic carbocycles. The van der Waals surface area contributed by atoms with Crippen LogP contribution in [0.3, 0.4) is 0 Å². The quantitative estimate of drug-likeness (QED) is 0.599. The van der Waals surface area contributed by atoms with Crippen molar-refractivity contribution in [3.8, 4) is 11.5 Å². The highest BCUT2D eigenvalue weighted by molar-refractivity contribution is 8.18. The minimum Gasteiger partial charge on any atom is -0.546 e. The standard InChI is InChI=1S/C22H21NO6S/c1-3-28-18-10-16(8-9-17(18)29-13-20(24)25)11-19-21(26)23(22(27)30-19)12-15-6-4-14(2)5-7-15/h4-11H,3,12-13H2,1-2H3,(H,24,25)/p-1/b19-11-. The van der Waals surface area contributed by atoms with Gasteiger partial charge in [0.1, 0.15) is 6.61 Å². The Kier molecular flexibility index (Phi) is 6.79. The first-order valence-corrected chi connectivity index (χ1v) is 10.1. The van der Waals surface area contributed by atoms with Gasteiger partial charge in [-0.2, -0.15) is 0 Å². The van der Waals surface area contributed by atoms with Gasteiger partial charge in [-0.25, -0.2) is 0 Å². The summed E-state index contributed by atoms with van der Waals surface area (Å²) in [7, 11) is 0. The molecule has 1 heterocycles. The minimum absolute atomic E-state index is 0.211. The van der Waals surface area contributed by atoms with Crippen molar-refractivity contribution in [2.45, 2.75) is 20.4 Å². The lowest BCUT2D eigenvalue weighted by molar-refractivity contribution is -0.307. The Morgan fingerprint density at radius 3 is 2.50 bits per heavy atom. The number of nitrogens with zero attached hydrogens (tertiary/aromatic N) is 1. The smallest absolute Gasteiger partial charge is 0.293 e. The molecule has 1 fully saturated rings. The molecule has 0 bridgehead atoms. The van der Waals surface area contributed by atoms with Crippen LogP contribution in [0.4, 0.5) is 4.79 Å². The van der Waals surface area contributed by atoms with Crippen LogP contribution in [0.2, 0.25) is 0 Å². The number of ether oxygens (including phenoxy) is 2. The van der Waals surface area contributed by atoms with Crippen LogP contribution in [0.5, 0.6) is 11.5 Å². The molecule has 0 N–H and O–H groups in total. The highest BCUT2D eigenvalue weighted by Gasteiger charge is 2.35. The fourth-order valence-electron chi connectivity index (χ4n) is 2.80. The number of benzene rings is 2. The average Bonchev–Trinajstić information content (AvgIpc) is 2.96. The Hall–Kier alpha value is -3.26. The summed E-state index contributed by atoms with van der Waals surface area (Å²) in [5.41, 5.74) is 2.60. The van der Waals surface area contributed by atoms with Crippen molar-refractivity contribution in [2.75, 3.05) is 13.2 Å². The number of rotatable bonds is 8. The first-order chi connectivity index (χ1) is 14.4. The molecule has 0 spiro atoms. The van der Waals surface area contributed by atoms with Gasteiger partial charge in [-0.15, -0.1) is 0 Å². The van der Waals surface area contributed by atoms with Gasteiger partial charge < -0.3 is 19.4 Å². The Balaban J connectivity index is 1.79. The zero-order valence-electron chi connectivity index (χ0n) is 16.5. The van der Waals surface area contributed by atoms with E-state index in [9.17, 15) is 19.5 Å². The van der Waals surface area contributed by atoms with Gasteiger partial charge in [0, 0.05) is 0 Å². The Bertz CT molecular complexity index is 999.